The third kappa shape index (κ3) is 3.26. The summed E-state index contributed by atoms with van der Waals surface area (Å²) in [5, 5.41) is 0. The van der Waals surface area contributed by atoms with Crippen LogP contribution < -0.4 is 10.3 Å². The number of ether oxygens (including phenoxy) is 1. The van der Waals surface area contributed by atoms with Crippen LogP contribution in [0.3, 0.4) is 0 Å². The van der Waals surface area contributed by atoms with Crippen LogP contribution in [0.2, 0.25) is 0 Å². The van der Waals surface area contributed by atoms with E-state index in [0.29, 0.717) is 6.61 Å². The molecule has 0 aliphatic carbocycles. The zero-order valence-electron chi connectivity index (χ0n) is 12.0. The zero-order chi connectivity index (χ0) is 14.4. The number of rotatable bonds is 6. The van der Waals surface area contributed by atoms with Gasteiger partial charge in [-0.3, -0.25) is 4.79 Å². The summed E-state index contributed by atoms with van der Waals surface area (Å²) in [6.07, 6.45) is 4.09. The summed E-state index contributed by atoms with van der Waals surface area (Å²) in [5.74, 6) is 0.845. The first kappa shape index (κ1) is 14.3. The van der Waals surface area contributed by atoms with Gasteiger partial charge in [-0.2, -0.15) is 0 Å². The molecule has 1 heterocycles. The van der Waals surface area contributed by atoms with E-state index in [4.69, 9.17) is 4.74 Å². The third-order valence-electron chi connectivity index (χ3n) is 3.05. The second kappa shape index (κ2) is 6.89. The number of nitrogens with one attached hydrogen (secondary N) is 1. The Morgan fingerprint density at radius 2 is 1.90 bits per heavy atom. The van der Waals surface area contributed by atoms with Gasteiger partial charge < -0.3 is 9.72 Å². The lowest BCUT2D eigenvalue weighted by molar-refractivity contribution is 0.317. The van der Waals surface area contributed by atoms with E-state index in [1.165, 1.54) is 6.33 Å². The van der Waals surface area contributed by atoms with Crippen molar-refractivity contribution in [2.24, 2.45) is 0 Å². The van der Waals surface area contributed by atoms with Crippen LogP contribution in [-0.2, 0) is 6.42 Å². The first-order valence-corrected chi connectivity index (χ1v) is 7.06. The highest BCUT2D eigenvalue weighted by Gasteiger charge is 2.10. The van der Waals surface area contributed by atoms with Gasteiger partial charge in [-0.1, -0.05) is 20.3 Å². The van der Waals surface area contributed by atoms with Crippen molar-refractivity contribution in [1.82, 2.24) is 9.97 Å². The normalized spacial score (nSPS) is 10.5. The van der Waals surface area contributed by atoms with E-state index in [0.717, 1.165) is 41.8 Å². The van der Waals surface area contributed by atoms with E-state index in [1.54, 1.807) is 0 Å². The fourth-order valence-electron chi connectivity index (χ4n) is 2.09. The topological polar surface area (TPSA) is 55.0 Å². The molecule has 0 bridgehead atoms. The molecule has 4 heteroatoms. The van der Waals surface area contributed by atoms with Crippen LogP contribution in [0.1, 0.15) is 32.3 Å². The minimum Gasteiger partial charge on any atom is -0.494 e. The Kier molecular flexibility index (Phi) is 4.93. The van der Waals surface area contributed by atoms with Crippen LogP contribution in [0.5, 0.6) is 5.75 Å². The van der Waals surface area contributed by atoms with E-state index in [2.05, 4.69) is 23.8 Å². The standard InChI is InChI=1S/C16H20N2O2/c1-3-5-14-15(17-11-18-16(14)19)12-6-8-13(9-7-12)20-10-4-2/h6-9,11H,3-5,10H2,1-2H3,(H,17,18,19). The van der Waals surface area contributed by atoms with Gasteiger partial charge in [0.1, 0.15) is 5.75 Å². The summed E-state index contributed by atoms with van der Waals surface area (Å²) in [6, 6.07) is 7.74. The number of nitrogens with zero attached hydrogens (tertiary/aromatic N) is 1. The number of H-pyrrole nitrogens is 1. The summed E-state index contributed by atoms with van der Waals surface area (Å²) in [5.41, 5.74) is 2.40. The van der Waals surface area contributed by atoms with Crippen LogP contribution >= 0.6 is 0 Å². The maximum atomic E-state index is 11.9. The Hall–Kier alpha value is -2.10. The van der Waals surface area contributed by atoms with E-state index in [1.807, 2.05) is 24.3 Å². The number of hydrogen-bond donors (Lipinski definition) is 1. The summed E-state index contributed by atoms with van der Waals surface area (Å²) in [7, 11) is 0. The zero-order valence-corrected chi connectivity index (χ0v) is 12.0. The molecule has 0 aliphatic heterocycles. The molecule has 1 N–H and O–H groups in total. The molecule has 0 saturated heterocycles. The van der Waals surface area contributed by atoms with Gasteiger partial charge >= 0.3 is 0 Å². The minimum atomic E-state index is -0.0526. The molecule has 0 aliphatic rings. The summed E-state index contributed by atoms with van der Waals surface area (Å²) in [4.78, 5) is 18.9. The summed E-state index contributed by atoms with van der Waals surface area (Å²) in [6.45, 7) is 4.84. The Balaban J connectivity index is 2.32. The fourth-order valence-corrected chi connectivity index (χ4v) is 2.09. The van der Waals surface area contributed by atoms with Crippen LogP contribution in [0.15, 0.2) is 35.4 Å². The maximum Gasteiger partial charge on any atom is 0.254 e. The van der Waals surface area contributed by atoms with Gasteiger partial charge in [0.15, 0.2) is 0 Å². The lowest BCUT2D eigenvalue weighted by Crippen LogP contribution is -2.14. The number of hydrogen-bond acceptors (Lipinski definition) is 3. The molecular weight excluding hydrogens is 252 g/mol. The monoisotopic (exact) mass is 272 g/mol. The van der Waals surface area contributed by atoms with Gasteiger partial charge in [0.25, 0.3) is 5.56 Å². The molecule has 0 saturated carbocycles. The van der Waals surface area contributed by atoms with Crippen molar-refractivity contribution in [2.75, 3.05) is 6.61 Å². The third-order valence-corrected chi connectivity index (χ3v) is 3.05. The molecular formula is C16H20N2O2. The predicted octanol–water partition coefficient (Wildman–Crippen LogP) is 3.18. The van der Waals surface area contributed by atoms with Crippen LogP contribution in [0.25, 0.3) is 11.3 Å². The van der Waals surface area contributed by atoms with Crippen LogP contribution in [0.4, 0.5) is 0 Å². The van der Waals surface area contributed by atoms with Gasteiger partial charge in [-0.05, 0) is 37.1 Å². The van der Waals surface area contributed by atoms with E-state index >= 15 is 0 Å². The van der Waals surface area contributed by atoms with Crippen LogP contribution in [-0.4, -0.2) is 16.6 Å². The van der Waals surface area contributed by atoms with Gasteiger partial charge in [-0.25, -0.2) is 4.98 Å². The van der Waals surface area contributed by atoms with Gasteiger partial charge in [-0.15, -0.1) is 0 Å². The Labute approximate surface area is 118 Å². The Bertz CT molecular complexity index is 603. The smallest absolute Gasteiger partial charge is 0.254 e. The molecule has 4 nitrogen and oxygen atoms in total. The number of aromatic nitrogens is 2. The lowest BCUT2D eigenvalue weighted by Gasteiger charge is -2.08. The summed E-state index contributed by atoms with van der Waals surface area (Å²) < 4.78 is 5.56. The second-order valence-electron chi connectivity index (χ2n) is 4.68. The molecule has 0 atom stereocenters. The summed E-state index contributed by atoms with van der Waals surface area (Å²) >= 11 is 0. The number of aromatic amines is 1. The highest BCUT2D eigenvalue weighted by atomic mass is 16.5. The Morgan fingerprint density at radius 1 is 1.15 bits per heavy atom. The van der Waals surface area contributed by atoms with Gasteiger partial charge in [0.05, 0.1) is 18.6 Å². The van der Waals surface area contributed by atoms with Gasteiger partial charge in [0.2, 0.25) is 0 Å². The van der Waals surface area contributed by atoms with Crippen LogP contribution in [0, 0.1) is 0 Å². The van der Waals surface area contributed by atoms with Crippen molar-refractivity contribution in [3.8, 4) is 17.0 Å². The largest absolute Gasteiger partial charge is 0.494 e. The van der Waals surface area contributed by atoms with Crippen molar-refractivity contribution in [1.29, 1.82) is 0 Å². The molecule has 2 aromatic rings. The first-order valence-electron chi connectivity index (χ1n) is 7.06. The highest BCUT2D eigenvalue weighted by molar-refractivity contribution is 5.63. The van der Waals surface area contributed by atoms with E-state index < -0.39 is 0 Å². The second-order valence-corrected chi connectivity index (χ2v) is 4.68. The quantitative estimate of drug-likeness (QED) is 0.878. The molecule has 0 unspecified atom stereocenters. The molecule has 1 aromatic heterocycles. The SMILES string of the molecule is CCCOc1ccc(-c2nc[nH]c(=O)c2CCC)cc1. The fraction of sp³-hybridized carbons (Fsp3) is 0.375. The van der Waals surface area contributed by atoms with Gasteiger partial charge in [0, 0.05) is 11.1 Å². The predicted molar refractivity (Wildman–Crippen MR) is 80.1 cm³/mol. The molecule has 20 heavy (non-hydrogen) atoms. The number of benzene rings is 1. The van der Waals surface area contributed by atoms with Crippen molar-refractivity contribution >= 4 is 0 Å². The Morgan fingerprint density at radius 3 is 2.55 bits per heavy atom. The molecule has 0 fully saturated rings. The first-order chi connectivity index (χ1) is 9.76. The minimum absolute atomic E-state index is 0.0526. The molecule has 2 rings (SSSR count). The van der Waals surface area contributed by atoms with Crippen molar-refractivity contribution in [2.45, 2.75) is 33.1 Å². The lowest BCUT2D eigenvalue weighted by atomic mass is 10.0. The molecule has 106 valence electrons. The van der Waals surface area contributed by atoms with Crippen molar-refractivity contribution in [3.63, 3.8) is 0 Å². The van der Waals surface area contributed by atoms with E-state index in [-0.39, 0.29) is 5.56 Å². The molecule has 0 radical (unpaired) electrons. The average Bonchev–Trinajstić information content (AvgIpc) is 2.48. The maximum absolute atomic E-state index is 11.9. The molecule has 1 aromatic carbocycles. The van der Waals surface area contributed by atoms with Crippen molar-refractivity contribution < 1.29 is 4.74 Å². The highest BCUT2D eigenvalue weighted by Crippen LogP contribution is 2.22. The van der Waals surface area contributed by atoms with Crippen molar-refractivity contribution in [3.05, 3.63) is 46.5 Å². The molecule has 0 spiro atoms. The average molecular weight is 272 g/mol. The molecule has 0 amide bonds. The van der Waals surface area contributed by atoms with E-state index in [9.17, 15) is 4.79 Å².